The van der Waals surface area contributed by atoms with Crippen LogP contribution in [0.15, 0.2) is 24.4 Å². The number of aryl methyl sites for hydroxylation is 2. The average Bonchev–Trinajstić information content (AvgIpc) is 2.65. The molecule has 2 aromatic rings. The lowest BCUT2D eigenvalue weighted by atomic mass is 9.80. The smallest absolute Gasteiger partial charge is 0.168 e. The predicted octanol–water partition coefficient (Wildman–Crippen LogP) is 3.72. The van der Waals surface area contributed by atoms with Crippen molar-refractivity contribution in [3.05, 3.63) is 35.5 Å². The summed E-state index contributed by atoms with van der Waals surface area (Å²) in [5.41, 5.74) is 3.47. The Kier molecular flexibility index (Phi) is 2.73. The van der Waals surface area contributed by atoms with Gasteiger partial charge < -0.3 is 4.57 Å². The molecule has 1 fully saturated rings. The minimum Gasteiger partial charge on any atom is -0.350 e. The molecule has 0 unspecified atom stereocenters. The van der Waals surface area contributed by atoms with Crippen molar-refractivity contribution in [1.29, 1.82) is 0 Å². The van der Waals surface area contributed by atoms with Gasteiger partial charge in [-0.1, -0.05) is 31.5 Å². The predicted molar refractivity (Wildman–Crippen MR) is 74.0 cm³/mol. The highest BCUT2D eigenvalue weighted by Gasteiger charge is 2.28. The molecule has 0 aliphatic heterocycles. The first-order valence-electron chi connectivity index (χ1n) is 6.83. The molecular formula is C16H19NO. The van der Waals surface area contributed by atoms with E-state index in [1.54, 1.807) is 0 Å². The second-order valence-corrected chi connectivity index (χ2v) is 5.31. The summed E-state index contributed by atoms with van der Waals surface area (Å²) < 4.78 is 2.11. The van der Waals surface area contributed by atoms with Gasteiger partial charge in [-0.05, 0) is 24.8 Å². The van der Waals surface area contributed by atoms with E-state index in [1.807, 2.05) is 13.2 Å². The maximum Gasteiger partial charge on any atom is 0.168 e. The van der Waals surface area contributed by atoms with Crippen LogP contribution in [-0.4, -0.2) is 10.4 Å². The Labute approximate surface area is 108 Å². The molecule has 1 aromatic carbocycles. The molecule has 1 saturated carbocycles. The fourth-order valence-electron chi connectivity index (χ4n) is 2.92. The van der Waals surface area contributed by atoms with Crippen LogP contribution in [0.2, 0.25) is 0 Å². The maximum atomic E-state index is 12.4. The lowest BCUT2D eigenvalue weighted by Gasteiger charge is -2.23. The number of rotatable bonds is 3. The maximum absolute atomic E-state index is 12.4. The fraction of sp³-hybridized carbons (Fsp3) is 0.438. The minimum absolute atomic E-state index is 0.279. The molecule has 0 amide bonds. The Balaban J connectivity index is 2.16. The quantitative estimate of drug-likeness (QED) is 0.751. The number of fused-ring (bicyclic) bond motifs is 1. The first kappa shape index (κ1) is 11.5. The third kappa shape index (κ3) is 1.59. The Morgan fingerprint density at radius 2 is 2.17 bits per heavy atom. The molecular weight excluding hydrogens is 222 g/mol. The SMILES string of the molecule is CCc1cccc2c(C(=O)C3CCC3)cn(C)c12. The summed E-state index contributed by atoms with van der Waals surface area (Å²) >= 11 is 0. The molecule has 1 aromatic heterocycles. The number of para-hydroxylation sites is 1. The number of Topliss-reactive ketones (excluding diaryl/α,β-unsaturated/α-hetero) is 1. The van der Waals surface area contributed by atoms with Gasteiger partial charge in [0.1, 0.15) is 0 Å². The molecule has 1 aliphatic rings. The zero-order valence-corrected chi connectivity index (χ0v) is 11.1. The number of hydrogen-bond acceptors (Lipinski definition) is 1. The van der Waals surface area contributed by atoms with Crippen LogP contribution < -0.4 is 0 Å². The molecule has 0 bridgehead atoms. The van der Waals surface area contributed by atoms with E-state index in [-0.39, 0.29) is 5.92 Å². The summed E-state index contributed by atoms with van der Waals surface area (Å²) in [5.74, 6) is 0.626. The van der Waals surface area contributed by atoms with Gasteiger partial charge in [-0.2, -0.15) is 0 Å². The third-order valence-electron chi connectivity index (χ3n) is 4.21. The van der Waals surface area contributed by atoms with Gasteiger partial charge in [0.2, 0.25) is 0 Å². The molecule has 2 nitrogen and oxygen atoms in total. The van der Waals surface area contributed by atoms with Crippen LogP contribution in [0.3, 0.4) is 0 Å². The van der Waals surface area contributed by atoms with Crippen LogP contribution in [-0.2, 0) is 13.5 Å². The molecule has 18 heavy (non-hydrogen) atoms. The van der Waals surface area contributed by atoms with Gasteiger partial charge in [-0.3, -0.25) is 4.79 Å². The average molecular weight is 241 g/mol. The van der Waals surface area contributed by atoms with E-state index in [0.717, 1.165) is 30.2 Å². The van der Waals surface area contributed by atoms with E-state index >= 15 is 0 Å². The number of nitrogens with zero attached hydrogens (tertiary/aromatic N) is 1. The standard InChI is InChI=1S/C16H19NO/c1-3-11-6-5-9-13-14(10-17(2)15(11)13)16(18)12-7-4-8-12/h5-6,9-10,12H,3-4,7-8H2,1-2H3. The van der Waals surface area contributed by atoms with Crippen molar-refractivity contribution >= 4 is 16.7 Å². The first-order chi connectivity index (χ1) is 8.72. The highest BCUT2D eigenvalue weighted by molar-refractivity contribution is 6.09. The van der Waals surface area contributed by atoms with Crippen LogP contribution in [0.25, 0.3) is 10.9 Å². The van der Waals surface area contributed by atoms with Crippen molar-refractivity contribution in [2.24, 2.45) is 13.0 Å². The van der Waals surface area contributed by atoms with Gasteiger partial charge in [0.25, 0.3) is 0 Å². The summed E-state index contributed by atoms with van der Waals surface area (Å²) in [6, 6.07) is 6.30. The molecule has 1 heterocycles. The molecule has 2 heteroatoms. The zero-order valence-electron chi connectivity index (χ0n) is 11.1. The third-order valence-corrected chi connectivity index (χ3v) is 4.21. The van der Waals surface area contributed by atoms with Gasteiger partial charge >= 0.3 is 0 Å². The van der Waals surface area contributed by atoms with Crippen LogP contribution in [0.4, 0.5) is 0 Å². The van der Waals surface area contributed by atoms with E-state index in [4.69, 9.17) is 0 Å². The monoisotopic (exact) mass is 241 g/mol. The van der Waals surface area contributed by atoms with Crippen LogP contribution in [0.1, 0.15) is 42.1 Å². The Morgan fingerprint density at radius 3 is 2.78 bits per heavy atom. The summed E-state index contributed by atoms with van der Waals surface area (Å²) in [4.78, 5) is 12.4. The Hall–Kier alpha value is -1.57. The van der Waals surface area contributed by atoms with Gasteiger partial charge in [-0.25, -0.2) is 0 Å². The van der Waals surface area contributed by atoms with Crippen molar-refractivity contribution in [2.75, 3.05) is 0 Å². The number of aromatic nitrogens is 1. The van der Waals surface area contributed by atoms with E-state index in [1.165, 1.54) is 17.5 Å². The molecule has 0 atom stereocenters. The lowest BCUT2D eigenvalue weighted by Crippen LogP contribution is -2.21. The van der Waals surface area contributed by atoms with Gasteiger partial charge in [0.15, 0.2) is 5.78 Å². The number of hydrogen-bond donors (Lipinski definition) is 0. The molecule has 0 radical (unpaired) electrons. The summed E-state index contributed by atoms with van der Waals surface area (Å²) in [6.45, 7) is 2.16. The number of benzene rings is 1. The summed E-state index contributed by atoms with van der Waals surface area (Å²) in [5, 5.41) is 1.13. The molecule has 94 valence electrons. The van der Waals surface area contributed by atoms with Crippen molar-refractivity contribution in [2.45, 2.75) is 32.6 Å². The van der Waals surface area contributed by atoms with E-state index in [2.05, 4.69) is 29.7 Å². The second kappa shape index (κ2) is 4.27. The summed E-state index contributed by atoms with van der Waals surface area (Å²) in [6.07, 6.45) is 6.38. The number of ketones is 1. The largest absolute Gasteiger partial charge is 0.350 e. The Bertz CT molecular complexity index is 605. The van der Waals surface area contributed by atoms with Crippen molar-refractivity contribution in [3.8, 4) is 0 Å². The van der Waals surface area contributed by atoms with Crippen molar-refractivity contribution in [3.63, 3.8) is 0 Å². The van der Waals surface area contributed by atoms with Crippen LogP contribution in [0.5, 0.6) is 0 Å². The molecule has 0 spiro atoms. The molecule has 0 saturated heterocycles. The normalized spacial score (nSPS) is 15.9. The summed E-state index contributed by atoms with van der Waals surface area (Å²) in [7, 11) is 2.04. The number of carbonyl (C=O) groups excluding carboxylic acids is 1. The van der Waals surface area contributed by atoms with Gasteiger partial charge in [0, 0.05) is 30.1 Å². The number of carbonyl (C=O) groups is 1. The van der Waals surface area contributed by atoms with Gasteiger partial charge in [0.05, 0.1) is 5.52 Å². The minimum atomic E-state index is 0.279. The second-order valence-electron chi connectivity index (χ2n) is 5.31. The van der Waals surface area contributed by atoms with Crippen LogP contribution >= 0.6 is 0 Å². The molecule has 1 aliphatic carbocycles. The lowest BCUT2D eigenvalue weighted by molar-refractivity contribution is 0.0857. The van der Waals surface area contributed by atoms with E-state index in [9.17, 15) is 4.79 Å². The van der Waals surface area contributed by atoms with E-state index < -0.39 is 0 Å². The first-order valence-corrected chi connectivity index (χ1v) is 6.83. The van der Waals surface area contributed by atoms with Crippen molar-refractivity contribution < 1.29 is 4.79 Å². The Morgan fingerprint density at radius 1 is 1.39 bits per heavy atom. The van der Waals surface area contributed by atoms with Crippen molar-refractivity contribution in [1.82, 2.24) is 4.57 Å². The fourth-order valence-corrected chi connectivity index (χ4v) is 2.92. The topological polar surface area (TPSA) is 22.0 Å². The molecule has 0 N–H and O–H groups in total. The highest BCUT2D eigenvalue weighted by atomic mass is 16.1. The molecule has 3 rings (SSSR count). The zero-order chi connectivity index (χ0) is 12.7. The van der Waals surface area contributed by atoms with Crippen LogP contribution in [0, 0.1) is 5.92 Å². The highest BCUT2D eigenvalue weighted by Crippen LogP contribution is 2.33. The van der Waals surface area contributed by atoms with E-state index in [0.29, 0.717) is 5.78 Å². The van der Waals surface area contributed by atoms with Gasteiger partial charge in [-0.15, -0.1) is 0 Å².